The zero-order valence-corrected chi connectivity index (χ0v) is 11.8. The van der Waals surface area contributed by atoms with Gasteiger partial charge in [-0.3, -0.25) is 4.79 Å². The Hall–Kier alpha value is -0.960. The number of carboxylic acid groups (broad SMARTS) is 1. The van der Waals surface area contributed by atoms with Crippen molar-refractivity contribution >= 4 is 17.7 Å². The highest BCUT2D eigenvalue weighted by molar-refractivity contribution is 7.98. The van der Waals surface area contributed by atoms with Crippen LogP contribution in [0.4, 0.5) is 0 Å². The molecule has 1 saturated carbocycles. The third-order valence-electron chi connectivity index (χ3n) is 4.29. The maximum absolute atomic E-state index is 11.8. The Labute approximate surface area is 113 Å². The van der Waals surface area contributed by atoms with E-state index in [9.17, 15) is 9.90 Å². The Balaban J connectivity index is 2.42. The minimum atomic E-state index is -0.734. The van der Waals surface area contributed by atoms with Gasteiger partial charge in [0.05, 0.1) is 5.41 Å². The van der Waals surface area contributed by atoms with E-state index in [1.807, 2.05) is 37.4 Å². The summed E-state index contributed by atoms with van der Waals surface area (Å²) in [6.45, 7) is 1.89. The van der Waals surface area contributed by atoms with Crippen molar-refractivity contribution in [3.8, 4) is 0 Å². The van der Waals surface area contributed by atoms with Crippen molar-refractivity contribution in [2.75, 3.05) is 6.26 Å². The summed E-state index contributed by atoms with van der Waals surface area (Å²) in [5.74, 6) is -0.417. The predicted octanol–water partition coefficient (Wildman–Crippen LogP) is 3.94. The molecule has 1 aliphatic carbocycles. The first-order chi connectivity index (χ1) is 8.59. The Bertz CT molecular complexity index is 438. The standard InChI is InChI=1S/C15H20O2S/c1-15(14(16)17,11-6-3-4-7-11)12-8-5-9-13(10-12)18-2/h5,8-11H,3-4,6-7H2,1-2H3,(H,16,17). The second-order valence-corrected chi connectivity index (χ2v) is 6.10. The van der Waals surface area contributed by atoms with E-state index in [1.165, 1.54) is 0 Å². The van der Waals surface area contributed by atoms with E-state index in [0.29, 0.717) is 0 Å². The molecule has 0 spiro atoms. The van der Waals surface area contributed by atoms with Crippen LogP contribution in [-0.2, 0) is 10.2 Å². The molecule has 1 fully saturated rings. The number of hydrogen-bond donors (Lipinski definition) is 1. The van der Waals surface area contributed by atoms with Gasteiger partial charge >= 0.3 is 5.97 Å². The van der Waals surface area contributed by atoms with Crippen LogP contribution < -0.4 is 0 Å². The summed E-state index contributed by atoms with van der Waals surface area (Å²) < 4.78 is 0. The van der Waals surface area contributed by atoms with Crippen LogP contribution in [-0.4, -0.2) is 17.3 Å². The number of aliphatic carboxylic acids is 1. The molecular formula is C15H20O2S. The SMILES string of the molecule is CSc1cccc(C(C)(C(=O)O)C2CCCC2)c1. The lowest BCUT2D eigenvalue weighted by Gasteiger charge is -2.32. The van der Waals surface area contributed by atoms with Gasteiger partial charge < -0.3 is 5.11 Å². The summed E-state index contributed by atoms with van der Waals surface area (Å²) in [7, 11) is 0. The van der Waals surface area contributed by atoms with Crippen LogP contribution in [0, 0.1) is 5.92 Å². The van der Waals surface area contributed by atoms with Crippen molar-refractivity contribution in [3.05, 3.63) is 29.8 Å². The predicted molar refractivity (Wildman–Crippen MR) is 75.2 cm³/mol. The number of thioether (sulfide) groups is 1. The lowest BCUT2D eigenvalue weighted by Crippen LogP contribution is -2.39. The van der Waals surface area contributed by atoms with E-state index in [4.69, 9.17) is 0 Å². The Kier molecular flexibility index (Phi) is 4.00. The zero-order valence-electron chi connectivity index (χ0n) is 11.0. The highest BCUT2D eigenvalue weighted by Crippen LogP contribution is 2.43. The van der Waals surface area contributed by atoms with Gasteiger partial charge in [-0.15, -0.1) is 11.8 Å². The van der Waals surface area contributed by atoms with Crippen molar-refractivity contribution in [1.29, 1.82) is 0 Å². The summed E-state index contributed by atoms with van der Waals surface area (Å²) in [4.78, 5) is 12.9. The lowest BCUT2D eigenvalue weighted by atomic mass is 9.71. The smallest absolute Gasteiger partial charge is 0.314 e. The maximum atomic E-state index is 11.8. The van der Waals surface area contributed by atoms with Gasteiger partial charge in [0, 0.05) is 4.90 Å². The minimum Gasteiger partial charge on any atom is -0.481 e. The topological polar surface area (TPSA) is 37.3 Å². The third-order valence-corrected chi connectivity index (χ3v) is 5.01. The molecular weight excluding hydrogens is 244 g/mol. The molecule has 0 heterocycles. The molecule has 0 radical (unpaired) electrons. The number of hydrogen-bond acceptors (Lipinski definition) is 2. The molecule has 1 aliphatic rings. The second-order valence-electron chi connectivity index (χ2n) is 5.22. The highest BCUT2D eigenvalue weighted by atomic mass is 32.2. The molecule has 1 unspecified atom stereocenters. The fourth-order valence-corrected chi connectivity index (χ4v) is 3.44. The molecule has 0 aromatic heterocycles. The Morgan fingerprint density at radius 2 is 2.06 bits per heavy atom. The molecule has 3 heteroatoms. The fourth-order valence-electron chi connectivity index (χ4n) is 2.98. The van der Waals surface area contributed by atoms with Gasteiger partial charge in [-0.05, 0) is 49.6 Å². The van der Waals surface area contributed by atoms with Gasteiger partial charge in [-0.2, -0.15) is 0 Å². The van der Waals surface area contributed by atoms with Crippen LogP contribution in [0.5, 0.6) is 0 Å². The molecule has 1 atom stereocenters. The first-order valence-corrected chi connectivity index (χ1v) is 7.69. The van der Waals surface area contributed by atoms with Crippen molar-refractivity contribution in [2.24, 2.45) is 5.92 Å². The largest absolute Gasteiger partial charge is 0.481 e. The van der Waals surface area contributed by atoms with E-state index < -0.39 is 11.4 Å². The summed E-state index contributed by atoms with van der Waals surface area (Å²) >= 11 is 1.66. The molecule has 2 nitrogen and oxygen atoms in total. The monoisotopic (exact) mass is 264 g/mol. The Morgan fingerprint density at radius 3 is 2.61 bits per heavy atom. The molecule has 1 N–H and O–H groups in total. The zero-order chi connectivity index (χ0) is 13.2. The van der Waals surface area contributed by atoms with Crippen molar-refractivity contribution < 1.29 is 9.90 Å². The van der Waals surface area contributed by atoms with Gasteiger partial charge in [-0.1, -0.05) is 25.0 Å². The van der Waals surface area contributed by atoms with Crippen LogP contribution in [0.3, 0.4) is 0 Å². The van der Waals surface area contributed by atoms with E-state index >= 15 is 0 Å². The summed E-state index contributed by atoms with van der Waals surface area (Å²) in [6.07, 6.45) is 6.41. The molecule has 1 aromatic rings. The highest BCUT2D eigenvalue weighted by Gasteiger charge is 2.44. The van der Waals surface area contributed by atoms with Crippen LogP contribution in [0.15, 0.2) is 29.2 Å². The number of benzene rings is 1. The Morgan fingerprint density at radius 1 is 1.39 bits per heavy atom. The molecule has 2 rings (SSSR count). The first-order valence-electron chi connectivity index (χ1n) is 6.47. The first kappa shape index (κ1) is 13.5. The molecule has 0 bridgehead atoms. The van der Waals surface area contributed by atoms with Crippen LogP contribution in [0.1, 0.15) is 38.2 Å². The quantitative estimate of drug-likeness (QED) is 0.837. The van der Waals surface area contributed by atoms with E-state index in [1.54, 1.807) is 11.8 Å². The summed E-state index contributed by atoms with van der Waals surface area (Å²) in [5, 5.41) is 9.70. The van der Waals surface area contributed by atoms with Gasteiger partial charge in [0.25, 0.3) is 0 Å². The van der Waals surface area contributed by atoms with Crippen molar-refractivity contribution in [3.63, 3.8) is 0 Å². The van der Waals surface area contributed by atoms with E-state index in [2.05, 4.69) is 0 Å². The molecule has 1 aromatic carbocycles. The number of rotatable bonds is 4. The average Bonchev–Trinajstić information content (AvgIpc) is 2.91. The molecule has 0 aliphatic heterocycles. The second kappa shape index (κ2) is 5.35. The van der Waals surface area contributed by atoms with Gasteiger partial charge in [0.1, 0.15) is 0 Å². The average molecular weight is 264 g/mol. The van der Waals surface area contributed by atoms with E-state index in [-0.39, 0.29) is 5.92 Å². The molecule has 98 valence electrons. The third kappa shape index (κ3) is 2.28. The summed E-state index contributed by atoms with van der Waals surface area (Å²) in [6, 6.07) is 8.01. The van der Waals surface area contributed by atoms with Crippen molar-refractivity contribution in [2.45, 2.75) is 42.9 Å². The lowest BCUT2D eigenvalue weighted by molar-refractivity contribution is -0.145. The normalized spacial score (nSPS) is 19.7. The number of carbonyl (C=O) groups is 1. The van der Waals surface area contributed by atoms with Crippen molar-refractivity contribution in [1.82, 2.24) is 0 Å². The van der Waals surface area contributed by atoms with Crippen LogP contribution >= 0.6 is 11.8 Å². The van der Waals surface area contributed by atoms with Crippen LogP contribution in [0.2, 0.25) is 0 Å². The van der Waals surface area contributed by atoms with Gasteiger partial charge in [0.2, 0.25) is 0 Å². The molecule has 0 saturated heterocycles. The van der Waals surface area contributed by atoms with E-state index in [0.717, 1.165) is 36.1 Å². The minimum absolute atomic E-state index is 0.270. The fraction of sp³-hybridized carbons (Fsp3) is 0.533. The van der Waals surface area contributed by atoms with Gasteiger partial charge in [-0.25, -0.2) is 0 Å². The van der Waals surface area contributed by atoms with Crippen LogP contribution in [0.25, 0.3) is 0 Å². The number of carboxylic acids is 1. The molecule has 18 heavy (non-hydrogen) atoms. The maximum Gasteiger partial charge on any atom is 0.314 e. The summed E-state index contributed by atoms with van der Waals surface area (Å²) in [5.41, 5.74) is 0.219. The van der Waals surface area contributed by atoms with Gasteiger partial charge in [0.15, 0.2) is 0 Å². The molecule has 0 amide bonds.